The molecule has 1 aromatic heterocycles. The first-order chi connectivity index (χ1) is 11.5. The van der Waals surface area contributed by atoms with Crippen molar-refractivity contribution in [3.8, 4) is 11.3 Å². The van der Waals surface area contributed by atoms with Gasteiger partial charge >= 0.3 is 0 Å². The molecule has 3 rings (SSSR count). The van der Waals surface area contributed by atoms with Crippen molar-refractivity contribution in [3.63, 3.8) is 0 Å². The lowest BCUT2D eigenvalue weighted by molar-refractivity contribution is 0.575. The Morgan fingerprint density at radius 3 is 2.29 bits per heavy atom. The minimum atomic E-state index is 0.376. The molecule has 3 aromatic rings. The van der Waals surface area contributed by atoms with Crippen molar-refractivity contribution in [2.75, 3.05) is 5.43 Å². The summed E-state index contributed by atoms with van der Waals surface area (Å²) < 4.78 is 5.71. The Bertz CT molecular complexity index is 882. The summed E-state index contributed by atoms with van der Waals surface area (Å²) in [6.45, 7) is 0. The normalized spacial score (nSPS) is 11.2. The monoisotopic (exact) mass is 398 g/mol. The third-order valence-corrected chi connectivity index (χ3v) is 4.29. The van der Waals surface area contributed by atoms with Crippen LogP contribution >= 0.6 is 46.4 Å². The summed E-state index contributed by atoms with van der Waals surface area (Å²) >= 11 is 24.2. The van der Waals surface area contributed by atoms with Crippen LogP contribution in [0.1, 0.15) is 5.76 Å². The van der Waals surface area contributed by atoms with E-state index in [1.165, 1.54) is 6.21 Å². The molecule has 2 aromatic carbocycles. The average Bonchev–Trinajstić information content (AvgIpc) is 2.99. The van der Waals surface area contributed by atoms with Gasteiger partial charge in [-0.25, -0.2) is 0 Å². The molecule has 0 aliphatic rings. The first-order valence-electron chi connectivity index (χ1n) is 6.83. The summed E-state index contributed by atoms with van der Waals surface area (Å²) in [6, 6.07) is 14.2. The number of hydrogen-bond donors (Lipinski definition) is 1. The van der Waals surface area contributed by atoms with Crippen molar-refractivity contribution in [1.82, 2.24) is 0 Å². The Hall–Kier alpha value is -1.65. The smallest absolute Gasteiger partial charge is 0.147 e. The Balaban J connectivity index is 1.76. The molecule has 0 bridgehead atoms. The van der Waals surface area contributed by atoms with E-state index < -0.39 is 0 Å². The van der Waals surface area contributed by atoms with Gasteiger partial charge in [0.1, 0.15) is 11.5 Å². The SMILES string of the molecule is Clc1cc(Cl)c(NN=Cc2ccc(-c3ccccc3Cl)o2)c(Cl)c1. The minimum absolute atomic E-state index is 0.376. The number of anilines is 1. The number of hydrazone groups is 1. The molecule has 0 aliphatic carbocycles. The van der Waals surface area contributed by atoms with E-state index in [4.69, 9.17) is 50.8 Å². The molecule has 1 N–H and O–H groups in total. The highest BCUT2D eigenvalue weighted by molar-refractivity contribution is 6.41. The van der Waals surface area contributed by atoms with Crippen LogP contribution in [0, 0.1) is 0 Å². The van der Waals surface area contributed by atoms with E-state index in [9.17, 15) is 0 Å². The third-order valence-electron chi connectivity index (χ3n) is 3.14. The molecular formula is C17H10Cl4N2O. The maximum absolute atomic E-state index is 6.15. The highest BCUT2D eigenvalue weighted by atomic mass is 35.5. The third kappa shape index (κ3) is 3.87. The molecule has 122 valence electrons. The van der Waals surface area contributed by atoms with Gasteiger partial charge in [0.05, 0.1) is 27.0 Å². The summed E-state index contributed by atoms with van der Waals surface area (Å²) in [5.41, 5.74) is 4.06. The van der Waals surface area contributed by atoms with Gasteiger partial charge in [0, 0.05) is 10.6 Å². The van der Waals surface area contributed by atoms with E-state index in [0.717, 1.165) is 5.56 Å². The molecule has 1 heterocycles. The lowest BCUT2D eigenvalue weighted by Gasteiger charge is -2.06. The summed E-state index contributed by atoms with van der Waals surface area (Å²) in [4.78, 5) is 0. The van der Waals surface area contributed by atoms with Gasteiger partial charge in [-0.15, -0.1) is 0 Å². The van der Waals surface area contributed by atoms with Gasteiger partial charge in [-0.1, -0.05) is 58.5 Å². The van der Waals surface area contributed by atoms with Crippen LogP contribution in [0.3, 0.4) is 0 Å². The lowest BCUT2D eigenvalue weighted by atomic mass is 10.2. The Labute approximate surface area is 158 Å². The highest BCUT2D eigenvalue weighted by Gasteiger charge is 2.08. The Morgan fingerprint density at radius 1 is 0.875 bits per heavy atom. The van der Waals surface area contributed by atoms with Crippen molar-refractivity contribution in [2.24, 2.45) is 5.10 Å². The predicted molar refractivity (Wildman–Crippen MR) is 102 cm³/mol. The largest absolute Gasteiger partial charge is 0.455 e. The zero-order valence-corrected chi connectivity index (χ0v) is 15.1. The van der Waals surface area contributed by atoms with Gasteiger partial charge < -0.3 is 4.42 Å². The fourth-order valence-electron chi connectivity index (χ4n) is 2.04. The predicted octanol–water partition coefficient (Wildman–Crippen LogP) is 7.01. The second-order valence-corrected chi connectivity index (χ2v) is 6.45. The summed E-state index contributed by atoms with van der Waals surface area (Å²) in [6.07, 6.45) is 1.52. The summed E-state index contributed by atoms with van der Waals surface area (Å²) in [7, 11) is 0. The lowest BCUT2D eigenvalue weighted by Crippen LogP contribution is -1.92. The van der Waals surface area contributed by atoms with Crippen LogP contribution in [0.15, 0.2) is 58.0 Å². The standard InChI is InChI=1S/C17H10Cl4N2O/c18-10-7-14(20)17(15(21)8-10)23-22-9-11-5-6-16(24-11)12-3-1-2-4-13(12)19/h1-9,23H. The molecule has 0 fully saturated rings. The van der Waals surface area contributed by atoms with Crippen molar-refractivity contribution < 1.29 is 4.42 Å². The summed E-state index contributed by atoms with van der Waals surface area (Å²) in [5, 5.41) is 5.90. The first kappa shape index (κ1) is 17.2. The molecule has 0 saturated carbocycles. The fraction of sp³-hybridized carbons (Fsp3) is 0. The second kappa shape index (κ2) is 7.49. The van der Waals surface area contributed by atoms with Crippen molar-refractivity contribution in [2.45, 2.75) is 0 Å². The van der Waals surface area contributed by atoms with Gasteiger partial charge in [0.2, 0.25) is 0 Å². The van der Waals surface area contributed by atoms with E-state index in [-0.39, 0.29) is 0 Å². The zero-order valence-electron chi connectivity index (χ0n) is 12.1. The minimum Gasteiger partial charge on any atom is -0.455 e. The zero-order chi connectivity index (χ0) is 17.1. The molecule has 24 heavy (non-hydrogen) atoms. The van der Waals surface area contributed by atoms with E-state index in [1.807, 2.05) is 24.3 Å². The second-order valence-electron chi connectivity index (χ2n) is 4.80. The quantitative estimate of drug-likeness (QED) is 0.378. The highest BCUT2D eigenvalue weighted by Crippen LogP contribution is 2.33. The number of halogens is 4. The molecular weight excluding hydrogens is 390 g/mol. The number of furan rings is 1. The van der Waals surface area contributed by atoms with Gasteiger partial charge in [-0.05, 0) is 36.4 Å². The number of hydrogen-bond acceptors (Lipinski definition) is 3. The van der Waals surface area contributed by atoms with Gasteiger partial charge in [0.25, 0.3) is 0 Å². The van der Waals surface area contributed by atoms with E-state index >= 15 is 0 Å². The Kier molecular flexibility index (Phi) is 5.36. The maximum Gasteiger partial charge on any atom is 0.147 e. The number of rotatable bonds is 4. The summed E-state index contributed by atoms with van der Waals surface area (Å²) in [5.74, 6) is 1.21. The fourth-order valence-corrected chi connectivity index (χ4v) is 3.17. The van der Waals surface area contributed by atoms with Crippen molar-refractivity contribution >= 4 is 58.3 Å². The van der Waals surface area contributed by atoms with Gasteiger partial charge in [0.15, 0.2) is 0 Å². The molecule has 3 nitrogen and oxygen atoms in total. The van der Waals surface area contributed by atoms with E-state index in [1.54, 1.807) is 24.3 Å². The van der Waals surface area contributed by atoms with Gasteiger partial charge in [-0.2, -0.15) is 5.10 Å². The van der Waals surface area contributed by atoms with Crippen LogP contribution in [0.5, 0.6) is 0 Å². The molecule has 0 radical (unpaired) electrons. The number of nitrogens with one attached hydrogen (secondary N) is 1. The van der Waals surface area contributed by atoms with Crippen molar-refractivity contribution in [3.05, 3.63) is 74.4 Å². The van der Waals surface area contributed by atoms with Gasteiger partial charge in [-0.3, -0.25) is 5.43 Å². The number of nitrogens with zero attached hydrogens (tertiary/aromatic N) is 1. The molecule has 0 aliphatic heterocycles. The van der Waals surface area contributed by atoms with E-state index in [2.05, 4.69) is 10.5 Å². The molecule has 0 saturated heterocycles. The first-order valence-corrected chi connectivity index (χ1v) is 8.34. The van der Waals surface area contributed by atoms with Crippen LogP contribution in [-0.4, -0.2) is 6.21 Å². The molecule has 0 unspecified atom stereocenters. The van der Waals surface area contributed by atoms with Crippen molar-refractivity contribution in [1.29, 1.82) is 0 Å². The topological polar surface area (TPSA) is 37.5 Å². The maximum atomic E-state index is 6.15. The van der Waals surface area contributed by atoms with Crippen LogP contribution in [0.2, 0.25) is 20.1 Å². The van der Waals surface area contributed by atoms with E-state index in [0.29, 0.717) is 37.3 Å². The number of benzene rings is 2. The Morgan fingerprint density at radius 2 is 1.58 bits per heavy atom. The molecule has 7 heteroatoms. The molecule has 0 atom stereocenters. The molecule has 0 amide bonds. The van der Waals surface area contributed by atoms with Crippen LogP contribution in [-0.2, 0) is 0 Å². The van der Waals surface area contributed by atoms with Crippen LogP contribution < -0.4 is 5.43 Å². The van der Waals surface area contributed by atoms with Crippen LogP contribution in [0.25, 0.3) is 11.3 Å². The molecule has 0 spiro atoms. The average molecular weight is 400 g/mol. The van der Waals surface area contributed by atoms with Crippen LogP contribution in [0.4, 0.5) is 5.69 Å².